The third-order valence-corrected chi connectivity index (χ3v) is 3.40. The van der Waals surface area contributed by atoms with Crippen molar-refractivity contribution >= 4 is 11.8 Å². The zero-order chi connectivity index (χ0) is 14.3. The van der Waals surface area contributed by atoms with Gasteiger partial charge in [0.15, 0.2) is 0 Å². The van der Waals surface area contributed by atoms with Crippen LogP contribution in [0, 0.1) is 5.92 Å². The van der Waals surface area contributed by atoms with Gasteiger partial charge in [-0.2, -0.15) is 0 Å². The second kappa shape index (κ2) is 8.12. The fourth-order valence-corrected chi connectivity index (χ4v) is 2.10. The molecule has 1 heterocycles. The molecule has 1 saturated heterocycles. The molecule has 1 atom stereocenters. The molecule has 0 spiro atoms. The van der Waals surface area contributed by atoms with Gasteiger partial charge in [0, 0.05) is 20.6 Å². The van der Waals surface area contributed by atoms with E-state index >= 15 is 0 Å². The predicted octanol–water partition coefficient (Wildman–Crippen LogP) is -0.404. The third-order valence-electron chi connectivity index (χ3n) is 3.40. The van der Waals surface area contributed by atoms with Crippen LogP contribution in [0.4, 0.5) is 0 Å². The Morgan fingerprint density at radius 3 is 2.63 bits per heavy atom. The molecule has 1 aliphatic rings. The molecule has 0 aromatic heterocycles. The largest absolute Gasteiger partial charge is 0.368 e. The van der Waals surface area contributed by atoms with Gasteiger partial charge in [-0.15, -0.1) is 0 Å². The third kappa shape index (κ3) is 5.57. The summed E-state index contributed by atoms with van der Waals surface area (Å²) in [5.74, 6) is -0.342. The Balaban J connectivity index is 2.25. The average molecular weight is 271 g/mol. The van der Waals surface area contributed by atoms with Gasteiger partial charge < -0.3 is 20.3 Å². The number of carbonyl (C=O) groups excluding carboxylic acids is 2. The lowest BCUT2D eigenvalue weighted by Crippen LogP contribution is -2.40. The standard InChI is InChI=1S/C13H25N3O3/c1-10(13(18)14-2)8-16(3)12(17)9-19-11-4-6-15-7-5-11/h10-11,15H,4-9H2,1-3H3,(H,14,18). The summed E-state index contributed by atoms with van der Waals surface area (Å²) in [5, 5.41) is 5.83. The molecule has 0 bridgehead atoms. The molecule has 0 saturated carbocycles. The monoisotopic (exact) mass is 271 g/mol. The molecule has 0 aromatic carbocycles. The van der Waals surface area contributed by atoms with Gasteiger partial charge in [-0.25, -0.2) is 0 Å². The second-order valence-electron chi connectivity index (χ2n) is 5.05. The minimum Gasteiger partial charge on any atom is -0.368 e. The first-order valence-electron chi connectivity index (χ1n) is 6.82. The molecule has 2 N–H and O–H groups in total. The number of hydrogen-bond donors (Lipinski definition) is 2. The first-order chi connectivity index (χ1) is 9.04. The van der Waals surface area contributed by atoms with Gasteiger partial charge in [0.25, 0.3) is 0 Å². The molecule has 1 rings (SSSR count). The molecule has 0 radical (unpaired) electrons. The zero-order valence-electron chi connectivity index (χ0n) is 12.1. The van der Waals surface area contributed by atoms with Crippen LogP contribution in [0.25, 0.3) is 0 Å². The van der Waals surface area contributed by atoms with Crippen LogP contribution in [-0.2, 0) is 14.3 Å². The van der Waals surface area contributed by atoms with Crippen molar-refractivity contribution < 1.29 is 14.3 Å². The van der Waals surface area contributed by atoms with Crippen LogP contribution >= 0.6 is 0 Å². The summed E-state index contributed by atoms with van der Waals surface area (Å²) >= 11 is 0. The number of carbonyl (C=O) groups is 2. The van der Waals surface area contributed by atoms with Gasteiger partial charge >= 0.3 is 0 Å². The van der Waals surface area contributed by atoms with Gasteiger partial charge in [-0.1, -0.05) is 6.92 Å². The first-order valence-corrected chi connectivity index (χ1v) is 6.82. The maximum atomic E-state index is 11.9. The van der Waals surface area contributed by atoms with Crippen LogP contribution in [0.2, 0.25) is 0 Å². The van der Waals surface area contributed by atoms with E-state index in [-0.39, 0.29) is 30.4 Å². The zero-order valence-corrected chi connectivity index (χ0v) is 12.1. The van der Waals surface area contributed by atoms with Crippen molar-refractivity contribution in [3.63, 3.8) is 0 Å². The fourth-order valence-electron chi connectivity index (χ4n) is 2.10. The lowest BCUT2D eigenvalue weighted by molar-refractivity contribution is -0.138. The minimum absolute atomic E-state index is 0.0566. The molecule has 6 heteroatoms. The summed E-state index contributed by atoms with van der Waals surface area (Å²) < 4.78 is 5.60. The number of nitrogens with zero attached hydrogens (tertiary/aromatic N) is 1. The Morgan fingerprint density at radius 2 is 2.05 bits per heavy atom. The summed E-state index contributed by atoms with van der Waals surface area (Å²) in [6.07, 6.45) is 2.08. The van der Waals surface area contributed by atoms with Crippen molar-refractivity contribution in [3.8, 4) is 0 Å². The quantitative estimate of drug-likeness (QED) is 0.689. The van der Waals surface area contributed by atoms with E-state index < -0.39 is 0 Å². The molecule has 6 nitrogen and oxygen atoms in total. The Hall–Kier alpha value is -1.14. The summed E-state index contributed by atoms with van der Waals surface area (Å²) in [6, 6.07) is 0. The van der Waals surface area contributed by atoms with Gasteiger partial charge in [-0.3, -0.25) is 9.59 Å². The maximum absolute atomic E-state index is 11.9. The summed E-state index contributed by atoms with van der Waals surface area (Å²) in [4.78, 5) is 24.8. The molecule has 110 valence electrons. The van der Waals surface area contributed by atoms with Crippen LogP contribution < -0.4 is 10.6 Å². The molecular weight excluding hydrogens is 246 g/mol. The van der Waals surface area contributed by atoms with Crippen molar-refractivity contribution in [1.82, 2.24) is 15.5 Å². The summed E-state index contributed by atoms with van der Waals surface area (Å²) in [7, 11) is 3.30. The lowest BCUT2D eigenvalue weighted by Gasteiger charge is -2.25. The minimum atomic E-state index is -0.210. The molecule has 1 aliphatic heterocycles. The van der Waals surface area contributed by atoms with E-state index in [1.54, 1.807) is 25.9 Å². The van der Waals surface area contributed by atoms with Crippen LogP contribution in [0.5, 0.6) is 0 Å². The Kier molecular flexibility index (Phi) is 6.80. The Bertz CT molecular complexity index is 304. The molecule has 19 heavy (non-hydrogen) atoms. The first kappa shape index (κ1) is 15.9. The van der Waals surface area contributed by atoms with Gasteiger partial charge in [0.2, 0.25) is 11.8 Å². The van der Waals surface area contributed by atoms with Crippen molar-refractivity contribution in [3.05, 3.63) is 0 Å². The lowest BCUT2D eigenvalue weighted by atomic mass is 10.1. The van der Waals surface area contributed by atoms with E-state index in [1.165, 1.54) is 0 Å². The number of likely N-dealkylation sites (N-methyl/N-ethyl adjacent to an activating group) is 1. The fraction of sp³-hybridized carbons (Fsp3) is 0.846. The number of rotatable bonds is 6. The number of piperidine rings is 1. The van der Waals surface area contributed by atoms with E-state index in [4.69, 9.17) is 4.74 Å². The smallest absolute Gasteiger partial charge is 0.248 e. The molecule has 0 aliphatic carbocycles. The van der Waals surface area contributed by atoms with Crippen molar-refractivity contribution in [2.24, 2.45) is 5.92 Å². The van der Waals surface area contributed by atoms with Gasteiger partial charge in [0.1, 0.15) is 6.61 Å². The van der Waals surface area contributed by atoms with E-state index in [0.29, 0.717) is 6.54 Å². The number of nitrogens with one attached hydrogen (secondary N) is 2. The van der Waals surface area contributed by atoms with E-state index in [0.717, 1.165) is 25.9 Å². The average Bonchev–Trinajstić information content (AvgIpc) is 2.44. The molecule has 1 unspecified atom stereocenters. The van der Waals surface area contributed by atoms with E-state index in [9.17, 15) is 9.59 Å². The van der Waals surface area contributed by atoms with Crippen molar-refractivity contribution in [2.45, 2.75) is 25.9 Å². The highest BCUT2D eigenvalue weighted by Crippen LogP contribution is 2.07. The number of ether oxygens (including phenoxy) is 1. The highest BCUT2D eigenvalue weighted by molar-refractivity contribution is 5.80. The highest BCUT2D eigenvalue weighted by atomic mass is 16.5. The Morgan fingerprint density at radius 1 is 1.42 bits per heavy atom. The van der Waals surface area contributed by atoms with Crippen molar-refractivity contribution in [1.29, 1.82) is 0 Å². The van der Waals surface area contributed by atoms with Crippen LogP contribution in [0.3, 0.4) is 0 Å². The van der Waals surface area contributed by atoms with Gasteiger partial charge in [0.05, 0.1) is 12.0 Å². The normalized spacial score (nSPS) is 17.8. The Labute approximate surface area is 114 Å². The SMILES string of the molecule is CNC(=O)C(C)CN(C)C(=O)COC1CCNCC1. The van der Waals surface area contributed by atoms with Crippen LogP contribution in [-0.4, -0.2) is 63.2 Å². The molecule has 2 amide bonds. The number of hydrogen-bond acceptors (Lipinski definition) is 4. The van der Waals surface area contributed by atoms with E-state index in [1.807, 2.05) is 0 Å². The topological polar surface area (TPSA) is 70.7 Å². The van der Waals surface area contributed by atoms with Gasteiger partial charge in [-0.05, 0) is 25.9 Å². The second-order valence-corrected chi connectivity index (χ2v) is 5.05. The summed E-state index contributed by atoms with van der Waals surface area (Å²) in [6.45, 7) is 4.21. The van der Waals surface area contributed by atoms with E-state index in [2.05, 4.69) is 10.6 Å². The van der Waals surface area contributed by atoms with Crippen LogP contribution in [0.1, 0.15) is 19.8 Å². The van der Waals surface area contributed by atoms with Crippen molar-refractivity contribution in [2.75, 3.05) is 40.3 Å². The number of amides is 2. The summed E-state index contributed by atoms with van der Waals surface area (Å²) in [5.41, 5.74) is 0. The maximum Gasteiger partial charge on any atom is 0.248 e. The predicted molar refractivity (Wildman–Crippen MR) is 72.7 cm³/mol. The molecular formula is C13H25N3O3. The highest BCUT2D eigenvalue weighted by Gasteiger charge is 2.19. The molecule has 1 fully saturated rings. The molecule has 0 aromatic rings. The van der Waals surface area contributed by atoms with Crippen LogP contribution in [0.15, 0.2) is 0 Å².